The van der Waals surface area contributed by atoms with Gasteiger partial charge in [-0.2, -0.15) is 0 Å². The van der Waals surface area contributed by atoms with Gasteiger partial charge >= 0.3 is 0 Å². The molecular weight excluding hydrogens is 262 g/mol. The Labute approximate surface area is 115 Å². The topological polar surface area (TPSA) is 75.4 Å². The van der Waals surface area contributed by atoms with Crippen LogP contribution in [0.2, 0.25) is 0 Å². The molecule has 0 saturated carbocycles. The minimum absolute atomic E-state index is 0.189. The zero-order valence-electron chi connectivity index (χ0n) is 11.8. The number of hydrogen-bond acceptors (Lipinski definition) is 4. The lowest BCUT2D eigenvalue weighted by atomic mass is 10.2. The Morgan fingerprint density at radius 2 is 1.89 bits per heavy atom. The van der Waals surface area contributed by atoms with Crippen LogP contribution in [-0.2, 0) is 10.0 Å². The van der Waals surface area contributed by atoms with E-state index in [0.29, 0.717) is 18.7 Å². The molecule has 0 spiro atoms. The van der Waals surface area contributed by atoms with Gasteiger partial charge in [0.25, 0.3) is 0 Å². The van der Waals surface area contributed by atoms with Crippen LogP contribution in [0.4, 0.5) is 5.69 Å². The molecule has 1 aromatic carbocycles. The van der Waals surface area contributed by atoms with Gasteiger partial charge in [0.05, 0.1) is 5.69 Å². The molecule has 0 saturated heterocycles. The van der Waals surface area contributed by atoms with E-state index in [9.17, 15) is 8.42 Å². The minimum Gasteiger partial charge on any atom is -0.398 e. The summed E-state index contributed by atoms with van der Waals surface area (Å²) in [4.78, 5) is 2.35. The molecule has 0 unspecified atom stereocenters. The van der Waals surface area contributed by atoms with Crippen molar-refractivity contribution in [3.63, 3.8) is 0 Å². The fraction of sp³-hybridized carbons (Fsp3) is 0.538. The van der Waals surface area contributed by atoms with E-state index in [1.165, 1.54) is 0 Å². The van der Waals surface area contributed by atoms with Crippen molar-refractivity contribution in [3.8, 4) is 0 Å². The van der Waals surface area contributed by atoms with Crippen molar-refractivity contribution in [2.45, 2.75) is 25.7 Å². The molecule has 0 aliphatic carbocycles. The molecule has 0 aromatic heterocycles. The molecule has 0 aliphatic rings. The van der Waals surface area contributed by atoms with Crippen molar-refractivity contribution >= 4 is 15.7 Å². The van der Waals surface area contributed by atoms with Crippen molar-refractivity contribution in [2.75, 3.05) is 31.9 Å². The second kappa shape index (κ2) is 6.88. The molecule has 5 nitrogen and oxygen atoms in total. The lowest BCUT2D eigenvalue weighted by Crippen LogP contribution is -2.35. The van der Waals surface area contributed by atoms with E-state index in [2.05, 4.69) is 23.5 Å². The van der Waals surface area contributed by atoms with Gasteiger partial charge in [-0.05, 0) is 31.6 Å². The van der Waals surface area contributed by atoms with Crippen molar-refractivity contribution in [1.29, 1.82) is 0 Å². The van der Waals surface area contributed by atoms with Crippen molar-refractivity contribution in [3.05, 3.63) is 23.8 Å². The molecule has 108 valence electrons. The number of likely N-dealkylation sites (N-methyl/N-ethyl adjacent to an activating group) is 1. The maximum Gasteiger partial charge on any atom is 0.242 e. The summed E-state index contributed by atoms with van der Waals surface area (Å²) in [5.41, 5.74) is 6.71. The predicted octanol–water partition coefficient (Wildman–Crippen LogP) is 1.20. The number of hydrogen-bond donors (Lipinski definition) is 2. The minimum atomic E-state index is -3.54. The molecule has 1 aromatic rings. The van der Waals surface area contributed by atoms with Gasteiger partial charge < -0.3 is 10.6 Å². The first-order valence-electron chi connectivity index (χ1n) is 6.49. The molecule has 1 rings (SSSR count). The molecule has 0 radical (unpaired) electrons. The van der Waals surface area contributed by atoms with Crippen molar-refractivity contribution < 1.29 is 8.42 Å². The second-order valence-corrected chi connectivity index (χ2v) is 6.12. The summed E-state index contributed by atoms with van der Waals surface area (Å²) in [6, 6.07) is 5.10. The summed E-state index contributed by atoms with van der Waals surface area (Å²) in [6.07, 6.45) is 0. The number of sulfonamides is 1. The lowest BCUT2D eigenvalue weighted by Gasteiger charge is -2.18. The number of anilines is 1. The highest BCUT2D eigenvalue weighted by atomic mass is 32.2. The zero-order valence-corrected chi connectivity index (χ0v) is 12.6. The van der Waals surface area contributed by atoms with E-state index in [4.69, 9.17) is 5.73 Å². The summed E-state index contributed by atoms with van der Waals surface area (Å²) in [5, 5.41) is 0. The third-order valence-electron chi connectivity index (χ3n) is 3.13. The third-order valence-corrected chi connectivity index (χ3v) is 4.80. The maximum absolute atomic E-state index is 12.2. The van der Waals surface area contributed by atoms with Crippen LogP contribution in [0, 0.1) is 6.92 Å². The van der Waals surface area contributed by atoms with Gasteiger partial charge in [-0.3, -0.25) is 0 Å². The monoisotopic (exact) mass is 285 g/mol. The smallest absolute Gasteiger partial charge is 0.242 e. The van der Waals surface area contributed by atoms with Crippen molar-refractivity contribution in [2.24, 2.45) is 0 Å². The van der Waals surface area contributed by atoms with Gasteiger partial charge in [0.1, 0.15) is 4.90 Å². The summed E-state index contributed by atoms with van der Waals surface area (Å²) in [6.45, 7) is 8.75. The Kier molecular flexibility index (Phi) is 5.78. The van der Waals surface area contributed by atoms with E-state index < -0.39 is 10.0 Å². The normalized spacial score (nSPS) is 12.0. The van der Waals surface area contributed by atoms with E-state index in [-0.39, 0.29) is 10.6 Å². The van der Waals surface area contributed by atoms with Crippen LogP contribution < -0.4 is 10.5 Å². The number of aryl methyl sites for hydroxylation is 1. The fourth-order valence-electron chi connectivity index (χ4n) is 1.99. The van der Waals surface area contributed by atoms with Crippen LogP contribution in [0.3, 0.4) is 0 Å². The van der Waals surface area contributed by atoms with E-state index in [1.807, 2.05) is 0 Å². The van der Waals surface area contributed by atoms with Crippen LogP contribution >= 0.6 is 0 Å². The van der Waals surface area contributed by atoms with Gasteiger partial charge in [-0.25, -0.2) is 13.1 Å². The molecule has 3 N–H and O–H groups in total. The number of rotatable bonds is 7. The Morgan fingerprint density at radius 1 is 1.26 bits per heavy atom. The van der Waals surface area contributed by atoms with Gasteiger partial charge in [-0.1, -0.05) is 26.0 Å². The number of nitrogens with one attached hydrogen (secondary N) is 1. The van der Waals surface area contributed by atoms with Crippen LogP contribution in [0.15, 0.2) is 23.1 Å². The van der Waals surface area contributed by atoms with Gasteiger partial charge in [-0.15, -0.1) is 0 Å². The van der Waals surface area contributed by atoms with Gasteiger partial charge in [0, 0.05) is 13.1 Å². The number of benzene rings is 1. The number of nitrogens with two attached hydrogens (primary N) is 1. The van der Waals surface area contributed by atoms with Crippen LogP contribution in [0.5, 0.6) is 0 Å². The molecule has 0 bridgehead atoms. The Morgan fingerprint density at radius 3 is 2.42 bits per heavy atom. The quantitative estimate of drug-likeness (QED) is 0.738. The molecule has 0 aliphatic heterocycles. The molecule has 0 amide bonds. The van der Waals surface area contributed by atoms with Crippen LogP contribution in [-0.4, -0.2) is 39.5 Å². The highest BCUT2D eigenvalue weighted by Crippen LogP contribution is 2.21. The lowest BCUT2D eigenvalue weighted by molar-refractivity contribution is 0.309. The summed E-state index contributed by atoms with van der Waals surface area (Å²) in [7, 11) is -3.54. The summed E-state index contributed by atoms with van der Waals surface area (Å²) >= 11 is 0. The van der Waals surface area contributed by atoms with Crippen LogP contribution in [0.25, 0.3) is 0 Å². The largest absolute Gasteiger partial charge is 0.398 e. The standard InChI is InChI=1S/C13H23N3O2S/c1-4-16(5-2)10-9-15-19(17,18)13-11(3)7-6-8-12(13)14/h6-8,15H,4-5,9-10,14H2,1-3H3. The van der Waals surface area contributed by atoms with Crippen LogP contribution in [0.1, 0.15) is 19.4 Å². The number of nitrogen functional groups attached to an aromatic ring is 1. The van der Waals surface area contributed by atoms with Gasteiger partial charge in [0.15, 0.2) is 0 Å². The first kappa shape index (κ1) is 15.9. The highest BCUT2D eigenvalue weighted by molar-refractivity contribution is 7.89. The SMILES string of the molecule is CCN(CC)CCNS(=O)(=O)c1c(C)cccc1N. The maximum atomic E-state index is 12.2. The molecule has 6 heteroatoms. The Balaban J connectivity index is 2.77. The average molecular weight is 285 g/mol. The second-order valence-electron chi connectivity index (χ2n) is 4.42. The van der Waals surface area contributed by atoms with E-state index in [1.54, 1.807) is 25.1 Å². The zero-order chi connectivity index (χ0) is 14.5. The van der Waals surface area contributed by atoms with E-state index in [0.717, 1.165) is 13.1 Å². The Bertz CT molecular complexity index is 490. The van der Waals surface area contributed by atoms with Crippen molar-refractivity contribution in [1.82, 2.24) is 9.62 Å². The predicted molar refractivity (Wildman–Crippen MR) is 78.6 cm³/mol. The summed E-state index contributed by atoms with van der Waals surface area (Å²) < 4.78 is 27.1. The number of nitrogens with zero attached hydrogens (tertiary/aromatic N) is 1. The highest BCUT2D eigenvalue weighted by Gasteiger charge is 2.19. The molecule has 0 atom stereocenters. The molecular formula is C13H23N3O2S. The van der Waals surface area contributed by atoms with E-state index >= 15 is 0 Å². The third kappa shape index (κ3) is 4.19. The Hall–Kier alpha value is -1.11. The van der Waals surface area contributed by atoms with Gasteiger partial charge in [0.2, 0.25) is 10.0 Å². The molecule has 0 fully saturated rings. The fourth-order valence-corrected chi connectivity index (χ4v) is 3.37. The average Bonchev–Trinajstić information content (AvgIpc) is 2.34. The molecule has 19 heavy (non-hydrogen) atoms. The first-order chi connectivity index (χ1) is 8.92. The first-order valence-corrected chi connectivity index (χ1v) is 7.97. The summed E-state index contributed by atoms with van der Waals surface area (Å²) in [5.74, 6) is 0. The molecule has 0 heterocycles.